The molecule has 162 valence electrons. The Labute approximate surface area is 174 Å². The number of hydrogen-bond donors (Lipinski definition) is 0. The summed E-state index contributed by atoms with van der Waals surface area (Å²) in [6, 6.07) is 0. The van der Waals surface area contributed by atoms with E-state index in [0.717, 1.165) is 12.0 Å². The SMILES string of the molecule is CC[C@@H](C)/C=C/C=C/C=C(C)/C=C(\C)C(=O)CC(=O)N(OC)C(=O)OC(C)(C)C. The molecule has 0 radical (unpaired) electrons. The number of nitrogens with zero attached hydrogens (tertiary/aromatic N) is 1. The summed E-state index contributed by atoms with van der Waals surface area (Å²) in [5.74, 6) is -0.639. The lowest BCUT2D eigenvalue weighted by atomic mass is 10.1. The van der Waals surface area contributed by atoms with Gasteiger partial charge in [0.2, 0.25) is 0 Å². The molecule has 0 unspecified atom stereocenters. The number of rotatable bonds is 9. The lowest BCUT2D eigenvalue weighted by Gasteiger charge is -2.24. The number of carbonyl (C=O) groups excluding carboxylic acids is 3. The summed E-state index contributed by atoms with van der Waals surface area (Å²) in [5.41, 5.74) is 0.496. The number of ketones is 1. The number of ether oxygens (including phenoxy) is 1. The molecule has 6 nitrogen and oxygen atoms in total. The van der Waals surface area contributed by atoms with Gasteiger partial charge in [0.25, 0.3) is 5.91 Å². The highest BCUT2D eigenvalue weighted by molar-refractivity contribution is 6.09. The number of Topliss-reactive ketones (excluding diaryl/α,β-unsaturated/α-hetero) is 1. The summed E-state index contributed by atoms with van der Waals surface area (Å²) in [6.45, 7) is 12.8. The molecule has 0 aliphatic carbocycles. The zero-order valence-corrected chi connectivity index (χ0v) is 18.9. The fourth-order valence-corrected chi connectivity index (χ4v) is 2.06. The van der Waals surface area contributed by atoms with Crippen molar-refractivity contribution in [3.63, 3.8) is 0 Å². The van der Waals surface area contributed by atoms with Crippen molar-refractivity contribution in [3.8, 4) is 0 Å². The molecule has 1 atom stereocenters. The minimum Gasteiger partial charge on any atom is -0.442 e. The topological polar surface area (TPSA) is 72.9 Å². The standard InChI is InChI=1S/C23H35NO5/c1-9-17(2)13-11-10-12-14-18(3)15-19(4)20(25)16-21(26)24(28-8)22(27)29-23(5,6)7/h10-15,17H,9,16H2,1-8H3/b12-10+,13-11+,18-14+,19-15+/t17-/m1/s1. The number of allylic oxidation sites excluding steroid dienone is 8. The predicted molar refractivity (Wildman–Crippen MR) is 115 cm³/mol. The van der Waals surface area contributed by atoms with Gasteiger partial charge in [-0.1, -0.05) is 62.3 Å². The molecular weight excluding hydrogens is 370 g/mol. The van der Waals surface area contributed by atoms with Crippen molar-refractivity contribution in [1.82, 2.24) is 5.06 Å². The summed E-state index contributed by atoms with van der Waals surface area (Å²) in [7, 11) is 1.17. The van der Waals surface area contributed by atoms with Crippen molar-refractivity contribution in [2.75, 3.05) is 7.11 Å². The number of hydroxylamine groups is 2. The lowest BCUT2D eigenvalue weighted by molar-refractivity contribution is -0.169. The average molecular weight is 406 g/mol. The highest BCUT2D eigenvalue weighted by atomic mass is 16.7. The molecule has 0 rings (SSSR count). The summed E-state index contributed by atoms with van der Waals surface area (Å²) < 4.78 is 5.10. The van der Waals surface area contributed by atoms with Gasteiger partial charge in [-0.2, -0.15) is 0 Å². The Balaban J connectivity index is 4.94. The van der Waals surface area contributed by atoms with E-state index in [1.54, 1.807) is 33.8 Å². The van der Waals surface area contributed by atoms with Crippen molar-refractivity contribution in [2.24, 2.45) is 5.92 Å². The molecule has 0 aromatic rings. The summed E-state index contributed by atoms with van der Waals surface area (Å²) in [5, 5.41) is 0.464. The zero-order chi connectivity index (χ0) is 22.6. The van der Waals surface area contributed by atoms with Crippen LogP contribution in [0.15, 0.2) is 47.6 Å². The van der Waals surface area contributed by atoms with Crippen molar-refractivity contribution < 1.29 is 24.0 Å². The molecule has 0 saturated heterocycles. The van der Waals surface area contributed by atoms with Gasteiger partial charge in [-0.25, -0.2) is 4.79 Å². The Morgan fingerprint density at radius 3 is 2.21 bits per heavy atom. The summed E-state index contributed by atoms with van der Waals surface area (Å²) >= 11 is 0. The number of imide groups is 1. The molecule has 0 spiro atoms. The second kappa shape index (κ2) is 12.9. The molecule has 0 fully saturated rings. The van der Waals surface area contributed by atoms with Gasteiger partial charge in [0.1, 0.15) is 5.60 Å². The Kier molecular flexibility index (Phi) is 11.8. The smallest absolute Gasteiger partial charge is 0.442 e. The van der Waals surface area contributed by atoms with Crippen LogP contribution in [0, 0.1) is 5.92 Å². The fourth-order valence-electron chi connectivity index (χ4n) is 2.06. The van der Waals surface area contributed by atoms with Crippen molar-refractivity contribution in [2.45, 2.75) is 66.9 Å². The fraction of sp³-hybridized carbons (Fsp3) is 0.522. The van der Waals surface area contributed by atoms with Gasteiger partial charge in [0.05, 0.1) is 13.5 Å². The normalized spacial score (nSPS) is 14.3. The maximum absolute atomic E-state index is 12.3. The molecule has 0 aliphatic rings. The quantitative estimate of drug-likeness (QED) is 0.225. The highest BCUT2D eigenvalue weighted by Crippen LogP contribution is 2.12. The van der Waals surface area contributed by atoms with Crippen molar-refractivity contribution in [3.05, 3.63) is 47.6 Å². The molecular formula is C23H35NO5. The second-order valence-corrected chi connectivity index (χ2v) is 7.84. The third kappa shape index (κ3) is 11.9. The third-order valence-electron chi connectivity index (χ3n) is 3.83. The Morgan fingerprint density at radius 2 is 1.69 bits per heavy atom. The first-order valence-corrected chi connectivity index (χ1v) is 9.74. The van der Waals surface area contributed by atoms with Crippen LogP contribution in [0.1, 0.15) is 61.3 Å². The Hall–Kier alpha value is -2.47. The lowest BCUT2D eigenvalue weighted by Crippen LogP contribution is -2.40. The predicted octanol–water partition coefficient (Wildman–Crippen LogP) is 5.32. The molecule has 29 heavy (non-hydrogen) atoms. The molecule has 0 aliphatic heterocycles. The average Bonchev–Trinajstić information content (AvgIpc) is 2.59. The first-order valence-electron chi connectivity index (χ1n) is 9.74. The van der Waals surface area contributed by atoms with Crippen LogP contribution >= 0.6 is 0 Å². The molecule has 0 N–H and O–H groups in total. The number of carbonyl (C=O) groups is 3. The van der Waals surface area contributed by atoms with Gasteiger partial charge < -0.3 is 4.74 Å². The van der Waals surface area contributed by atoms with Crippen LogP contribution in [0.4, 0.5) is 4.79 Å². The highest BCUT2D eigenvalue weighted by Gasteiger charge is 2.29. The van der Waals surface area contributed by atoms with Crippen LogP contribution in [-0.2, 0) is 19.2 Å². The molecule has 0 aromatic heterocycles. The van der Waals surface area contributed by atoms with E-state index in [9.17, 15) is 14.4 Å². The van der Waals surface area contributed by atoms with E-state index in [4.69, 9.17) is 9.57 Å². The molecule has 6 heteroatoms. The Bertz CT molecular complexity index is 693. The molecule has 0 bridgehead atoms. The zero-order valence-electron chi connectivity index (χ0n) is 18.9. The van der Waals surface area contributed by atoms with Gasteiger partial charge in [-0.3, -0.25) is 14.4 Å². The van der Waals surface area contributed by atoms with E-state index in [-0.39, 0.29) is 0 Å². The van der Waals surface area contributed by atoms with Crippen LogP contribution in [0.3, 0.4) is 0 Å². The van der Waals surface area contributed by atoms with Crippen LogP contribution in [0.2, 0.25) is 0 Å². The van der Waals surface area contributed by atoms with Crippen LogP contribution in [-0.4, -0.2) is 35.6 Å². The molecule has 2 amide bonds. The maximum atomic E-state index is 12.3. The van der Waals surface area contributed by atoms with Gasteiger partial charge in [-0.15, -0.1) is 5.06 Å². The van der Waals surface area contributed by atoms with Crippen LogP contribution in [0.25, 0.3) is 0 Å². The summed E-state index contributed by atoms with van der Waals surface area (Å²) in [6.07, 6.45) is 11.2. The first-order chi connectivity index (χ1) is 13.4. The number of hydrogen-bond acceptors (Lipinski definition) is 5. The van der Waals surface area contributed by atoms with E-state index >= 15 is 0 Å². The van der Waals surface area contributed by atoms with Gasteiger partial charge in [0.15, 0.2) is 5.78 Å². The largest absolute Gasteiger partial charge is 0.442 e. The minimum absolute atomic E-state index is 0.394. The third-order valence-corrected chi connectivity index (χ3v) is 3.83. The van der Waals surface area contributed by atoms with Gasteiger partial charge in [-0.05, 0) is 46.1 Å². The second-order valence-electron chi connectivity index (χ2n) is 7.84. The monoisotopic (exact) mass is 405 g/mol. The first kappa shape index (κ1) is 26.5. The Morgan fingerprint density at radius 1 is 1.07 bits per heavy atom. The van der Waals surface area contributed by atoms with E-state index < -0.39 is 29.8 Å². The van der Waals surface area contributed by atoms with E-state index in [1.807, 2.05) is 31.2 Å². The van der Waals surface area contributed by atoms with Crippen LogP contribution in [0.5, 0.6) is 0 Å². The summed E-state index contributed by atoms with van der Waals surface area (Å²) in [4.78, 5) is 41.4. The minimum atomic E-state index is -0.953. The van der Waals surface area contributed by atoms with Crippen LogP contribution < -0.4 is 0 Å². The van der Waals surface area contributed by atoms with Gasteiger partial charge >= 0.3 is 6.09 Å². The molecule has 0 saturated carbocycles. The maximum Gasteiger partial charge on any atom is 0.442 e. The van der Waals surface area contributed by atoms with E-state index in [2.05, 4.69) is 19.9 Å². The van der Waals surface area contributed by atoms with E-state index in [1.165, 1.54) is 7.11 Å². The molecule has 0 aromatic carbocycles. The van der Waals surface area contributed by atoms with Crippen molar-refractivity contribution >= 4 is 17.8 Å². The molecule has 0 heterocycles. The van der Waals surface area contributed by atoms with Gasteiger partial charge in [0, 0.05) is 0 Å². The number of amides is 2. The van der Waals surface area contributed by atoms with Crippen molar-refractivity contribution in [1.29, 1.82) is 0 Å². The van der Waals surface area contributed by atoms with E-state index in [0.29, 0.717) is 16.6 Å².